The molecule has 1 aliphatic heterocycles. The largest absolute Gasteiger partial charge is 0.396 e. The first-order valence-corrected chi connectivity index (χ1v) is 6.74. The van der Waals surface area contributed by atoms with Crippen molar-refractivity contribution in [1.29, 1.82) is 0 Å². The minimum absolute atomic E-state index is 0.263. The molecule has 2 N–H and O–H groups in total. The predicted octanol–water partition coefficient (Wildman–Crippen LogP) is 1.88. The molecule has 1 unspecified atom stereocenters. The van der Waals surface area contributed by atoms with Crippen LogP contribution in [0.5, 0.6) is 0 Å². The molecule has 0 radical (unpaired) electrons. The van der Waals surface area contributed by atoms with E-state index >= 15 is 0 Å². The fraction of sp³-hybridized carbons (Fsp3) is 0.643. The molecule has 100 valence electrons. The summed E-state index contributed by atoms with van der Waals surface area (Å²) in [5, 5.41) is 18.4. The smallest absolute Gasteiger partial charge is 0.128 e. The molecule has 2 rings (SSSR count). The van der Waals surface area contributed by atoms with Crippen molar-refractivity contribution in [3.8, 4) is 0 Å². The molecule has 2 heterocycles. The summed E-state index contributed by atoms with van der Waals surface area (Å²) in [5.74, 6) is 0.986. The van der Waals surface area contributed by atoms with Crippen molar-refractivity contribution in [3.05, 3.63) is 23.9 Å². The minimum atomic E-state index is -0.463. The zero-order valence-corrected chi connectivity index (χ0v) is 10.9. The summed E-state index contributed by atoms with van der Waals surface area (Å²) in [4.78, 5) is 6.76. The number of aliphatic hydroxyl groups is 2. The van der Waals surface area contributed by atoms with Crippen molar-refractivity contribution in [2.24, 2.45) is 0 Å². The lowest BCUT2D eigenvalue weighted by molar-refractivity contribution is 0.199. The van der Waals surface area contributed by atoms with E-state index in [1.807, 2.05) is 12.1 Å². The summed E-state index contributed by atoms with van der Waals surface area (Å²) in [6.45, 7) is 3.05. The van der Waals surface area contributed by atoms with Gasteiger partial charge in [-0.1, -0.05) is 6.07 Å². The highest BCUT2D eigenvalue weighted by atomic mass is 16.3. The van der Waals surface area contributed by atoms with E-state index in [1.54, 1.807) is 13.1 Å². The standard InChI is InChI=1S/C14H22N2O2/c1-11(18)12-6-7-14(15-10-12)16-8-2-4-13(16)5-3-9-17/h6-7,10-11,13,17-18H,2-5,8-9H2,1H3/t11-,13?/m0/s1. The van der Waals surface area contributed by atoms with E-state index in [1.165, 1.54) is 12.8 Å². The molecule has 0 aliphatic carbocycles. The Labute approximate surface area is 108 Å². The minimum Gasteiger partial charge on any atom is -0.396 e. The topological polar surface area (TPSA) is 56.6 Å². The summed E-state index contributed by atoms with van der Waals surface area (Å²) < 4.78 is 0. The SMILES string of the molecule is C[C@H](O)c1ccc(N2CCCC2CCCO)nc1. The van der Waals surface area contributed by atoms with E-state index in [0.717, 1.165) is 30.8 Å². The highest BCUT2D eigenvalue weighted by Gasteiger charge is 2.24. The average molecular weight is 250 g/mol. The molecular formula is C14H22N2O2. The number of aliphatic hydroxyl groups excluding tert-OH is 2. The molecule has 18 heavy (non-hydrogen) atoms. The normalized spacial score (nSPS) is 21.3. The molecule has 1 saturated heterocycles. The van der Waals surface area contributed by atoms with E-state index in [-0.39, 0.29) is 6.61 Å². The van der Waals surface area contributed by atoms with Crippen LogP contribution in [0.15, 0.2) is 18.3 Å². The van der Waals surface area contributed by atoms with E-state index < -0.39 is 6.10 Å². The van der Waals surface area contributed by atoms with Gasteiger partial charge in [-0.05, 0) is 44.2 Å². The van der Waals surface area contributed by atoms with E-state index in [2.05, 4.69) is 9.88 Å². The summed E-state index contributed by atoms with van der Waals surface area (Å²) in [6, 6.07) is 4.43. The van der Waals surface area contributed by atoms with Crippen LogP contribution >= 0.6 is 0 Å². The van der Waals surface area contributed by atoms with Crippen molar-refractivity contribution < 1.29 is 10.2 Å². The molecule has 0 saturated carbocycles. The summed E-state index contributed by atoms with van der Waals surface area (Å²) >= 11 is 0. The van der Waals surface area contributed by atoms with Crippen LogP contribution in [0.25, 0.3) is 0 Å². The number of anilines is 1. The van der Waals surface area contributed by atoms with Gasteiger partial charge in [0, 0.05) is 25.4 Å². The van der Waals surface area contributed by atoms with Crippen molar-refractivity contribution >= 4 is 5.82 Å². The Morgan fingerprint density at radius 3 is 2.94 bits per heavy atom. The van der Waals surface area contributed by atoms with E-state index in [0.29, 0.717) is 6.04 Å². The molecule has 0 aromatic carbocycles. The first-order chi connectivity index (χ1) is 8.72. The lowest BCUT2D eigenvalue weighted by Crippen LogP contribution is -2.30. The highest BCUT2D eigenvalue weighted by molar-refractivity contribution is 5.42. The number of aromatic nitrogens is 1. The van der Waals surface area contributed by atoms with Gasteiger partial charge in [0.2, 0.25) is 0 Å². The third-order valence-electron chi connectivity index (χ3n) is 3.62. The Morgan fingerprint density at radius 2 is 2.33 bits per heavy atom. The second kappa shape index (κ2) is 6.16. The second-order valence-electron chi connectivity index (χ2n) is 4.98. The number of nitrogens with zero attached hydrogens (tertiary/aromatic N) is 2. The Bertz CT molecular complexity index is 365. The molecule has 4 nitrogen and oxygen atoms in total. The third kappa shape index (κ3) is 3.00. The molecule has 0 spiro atoms. The van der Waals surface area contributed by atoms with Crippen LogP contribution in [0.4, 0.5) is 5.82 Å². The molecule has 1 aromatic heterocycles. The maximum atomic E-state index is 9.47. The number of pyridine rings is 1. The fourth-order valence-electron chi connectivity index (χ4n) is 2.58. The van der Waals surface area contributed by atoms with Crippen LogP contribution in [-0.4, -0.2) is 34.4 Å². The Kier molecular flexibility index (Phi) is 4.55. The monoisotopic (exact) mass is 250 g/mol. The van der Waals surface area contributed by atoms with Gasteiger partial charge in [-0.25, -0.2) is 4.98 Å². The van der Waals surface area contributed by atoms with Crippen molar-refractivity contribution in [1.82, 2.24) is 4.98 Å². The molecule has 1 aliphatic rings. The number of hydrogen-bond acceptors (Lipinski definition) is 4. The van der Waals surface area contributed by atoms with Gasteiger partial charge in [0.1, 0.15) is 5.82 Å². The lowest BCUT2D eigenvalue weighted by Gasteiger charge is -2.25. The predicted molar refractivity (Wildman–Crippen MR) is 71.6 cm³/mol. The Hall–Kier alpha value is -1.13. The maximum Gasteiger partial charge on any atom is 0.128 e. The third-order valence-corrected chi connectivity index (χ3v) is 3.62. The molecule has 0 amide bonds. The van der Waals surface area contributed by atoms with Gasteiger partial charge in [-0.2, -0.15) is 0 Å². The first-order valence-electron chi connectivity index (χ1n) is 6.74. The molecule has 2 atom stereocenters. The van der Waals surface area contributed by atoms with Gasteiger partial charge in [0.05, 0.1) is 6.10 Å². The molecule has 0 bridgehead atoms. The van der Waals surface area contributed by atoms with Crippen molar-refractivity contribution in [2.75, 3.05) is 18.1 Å². The first kappa shape index (κ1) is 13.3. The van der Waals surface area contributed by atoms with Crippen LogP contribution in [0.3, 0.4) is 0 Å². The Morgan fingerprint density at radius 1 is 1.50 bits per heavy atom. The second-order valence-corrected chi connectivity index (χ2v) is 4.98. The van der Waals surface area contributed by atoms with Crippen molar-refractivity contribution in [2.45, 2.75) is 44.8 Å². The van der Waals surface area contributed by atoms with Crippen LogP contribution in [0.2, 0.25) is 0 Å². The van der Waals surface area contributed by atoms with Crippen LogP contribution in [0.1, 0.15) is 44.3 Å². The Balaban J connectivity index is 2.05. The van der Waals surface area contributed by atoms with Crippen molar-refractivity contribution in [3.63, 3.8) is 0 Å². The van der Waals surface area contributed by atoms with E-state index in [9.17, 15) is 5.11 Å². The highest BCUT2D eigenvalue weighted by Crippen LogP contribution is 2.27. The summed E-state index contributed by atoms with van der Waals surface area (Å²) in [6.07, 6.45) is 5.54. The van der Waals surface area contributed by atoms with Gasteiger partial charge in [0.25, 0.3) is 0 Å². The van der Waals surface area contributed by atoms with Gasteiger partial charge in [-0.15, -0.1) is 0 Å². The molecule has 4 heteroatoms. The average Bonchev–Trinajstić information content (AvgIpc) is 2.84. The number of rotatable bonds is 5. The summed E-state index contributed by atoms with van der Waals surface area (Å²) in [5.41, 5.74) is 0.852. The zero-order valence-electron chi connectivity index (χ0n) is 10.9. The van der Waals surface area contributed by atoms with Crippen LogP contribution in [-0.2, 0) is 0 Å². The van der Waals surface area contributed by atoms with E-state index in [4.69, 9.17) is 5.11 Å². The maximum absolute atomic E-state index is 9.47. The van der Waals surface area contributed by atoms with Gasteiger partial charge >= 0.3 is 0 Å². The lowest BCUT2D eigenvalue weighted by atomic mass is 10.1. The zero-order chi connectivity index (χ0) is 13.0. The number of hydrogen-bond donors (Lipinski definition) is 2. The molecule has 1 fully saturated rings. The molecular weight excluding hydrogens is 228 g/mol. The van der Waals surface area contributed by atoms with Crippen LogP contribution < -0.4 is 4.90 Å². The van der Waals surface area contributed by atoms with Gasteiger partial charge in [-0.3, -0.25) is 0 Å². The molecule has 1 aromatic rings. The summed E-state index contributed by atoms with van der Waals surface area (Å²) in [7, 11) is 0. The van der Waals surface area contributed by atoms with Gasteiger partial charge in [0.15, 0.2) is 0 Å². The quantitative estimate of drug-likeness (QED) is 0.837. The van der Waals surface area contributed by atoms with Gasteiger partial charge < -0.3 is 15.1 Å². The fourth-order valence-corrected chi connectivity index (χ4v) is 2.58. The van der Waals surface area contributed by atoms with Crippen LogP contribution in [0, 0.1) is 0 Å².